The predicted molar refractivity (Wildman–Crippen MR) is 83.3 cm³/mol. The monoisotopic (exact) mass is 335 g/mol. The smallest absolute Gasteiger partial charge is 0.248 e. The van der Waals surface area contributed by atoms with Crippen molar-refractivity contribution in [3.63, 3.8) is 0 Å². The SMILES string of the molecule is O=C(C=Cc1cccc(Cl)c1)Nc1cccc(Br)c1. The summed E-state index contributed by atoms with van der Waals surface area (Å²) in [5.41, 5.74) is 1.63. The third-order valence-electron chi connectivity index (χ3n) is 2.37. The van der Waals surface area contributed by atoms with E-state index in [0.717, 1.165) is 15.7 Å². The van der Waals surface area contributed by atoms with E-state index < -0.39 is 0 Å². The van der Waals surface area contributed by atoms with Crippen molar-refractivity contribution in [1.82, 2.24) is 0 Å². The maximum Gasteiger partial charge on any atom is 0.248 e. The van der Waals surface area contributed by atoms with Gasteiger partial charge in [0.1, 0.15) is 0 Å². The molecule has 0 aromatic heterocycles. The van der Waals surface area contributed by atoms with Gasteiger partial charge in [-0.2, -0.15) is 0 Å². The second-order valence-electron chi connectivity index (χ2n) is 3.89. The molecule has 0 bridgehead atoms. The first-order valence-corrected chi connectivity index (χ1v) is 6.81. The van der Waals surface area contributed by atoms with Crippen LogP contribution < -0.4 is 5.32 Å². The van der Waals surface area contributed by atoms with Gasteiger partial charge >= 0.3 is 0 Å². The molecule has 4 heteroatoms. The van der Waals surface area contributed by atoms with Crippen LogP contribution in [0.1, 0.15) is 5.56 Å². The van der Waals surface area contributed by atoms with Crippen LogP contribution in [0.2, 0.25) is 5.02 Å². The maximum atomic E-state index is 11.7. The largest absolute Gasteiger partial charge is 0.322 e. The van der Waals surface area contributed by atoms with Gasteiger partial charge in [0.15, 0.2) is 0 Å². The Kier molecular flexibility index (Phi) is 4.77. The first-order chi connectivity index (χ1) is 9.13. The molecular weight excluding hydrogens is 326 g/mol. The Bertz CT molecular complexity index is 625. The molecule has 0 saturated carbocycles. The van der Waals surface area contributed by atoms with Gasteiger partial charge in [-0.05, 0) is 42.0 Å². The molecule has 1 N–H and O–H groups in total. The zero-order chi connectivity index (χ0) is 13.7. The molecule has 0 aliphatic heterocycles. The van der Waals surface area contributed by atoms with E-state index in [1.165, 1.54) is 6.08 Å². The lowest BCUT2D eigenvalue weighted by Gasteiger charge is -2.02. The van der Waals surface area contributed by atoms with Gasteiger partial charge in [0.25, 0.3) is 0 Å². The van der Waals surface area contributed by atoms with Crippen LogP contribution in [0.5, 0.6) is 0 Å². The van der Waals surface area contributed by atoms with E-state index in [-0.39, 0.29) is 5.91 Å². The van der Waals surface area contributed by atoms with Gasteiger partial charge in [-0.25, -0.2) is 0 Å². The Morgan fingerprint density at radius 2 is 1.95 bits per heavy atom. The summed E-state index contributed by atoms with van der Waals surface area (Å²) in [6.45, 7) is 0. The number of halogens is 2. The molecule has 0 aliphatic carbocycles. The van der Waals surface area contributed by atoms with Crippen LogP contribution in [0, 0.1) is 0 Å². The summed E-state index contributed by atoms with van der Waals surface area (Å²) in [5.74, 6) is -0.182. The fourth-order valence-electron chi connectivity index (χ4n) is 1.53. The van der Waals surface area contributed by atoms with Crippen molar-refractivity contribution in [3.05, 3.63) is 69.7 Å². The minimum absolute atomic E-state index is 0.182. The number of amides is 1. The van der Waals surface area contributed by atoms with E-state index in [1.54, 1.807) is 18.2 Å². The minimum Gasteiger partial charge on any atom is -0.322 e. The van der Waals surface area contributed by atoms with Crippen LogP contribution in [0.4, 0.5) is 5.69 Å². The maximum absolute atomic E-state index is 11.7. The van der Waals surface area contributed by atoms with Crippen molar-refractivity contribution in [1.29, 1.82) is 0 Å². The molecule has 2 aromatic rings. The summed E-state index contributed by atoms with van der Waals surface area (Å²) in [5, 5.41) is 3.43. The minimum atomic E-state index is -0.182. The third kappa shape index (κ3) is 4.54. The Hall–Kier alpha value is -1.58. The Morgan fingerprint density at radius 1 is 1.16 bits per heavy atom. The van der Waals surface area contributed by atoms with E-state index in [4.69, 9.17) is 11.6 Å². The topological polar surface area (TPSA) is 29.1 Å². The summed E-state index contributed by atoms with van der Waals surface area (Å²) >= 11 is 9.22. The van der Waals surface area contributed by atoms with E-state index in [2.05, 4.69) is 21.2 Å². The van der Waals surface area contributed by atoms with E-state index >= 15 is 0 Å². The predicted octanol–water partition coefficient (Wildman–Crippen LogP) is 4.75. The van der Waals surface area contributed by atoms with Crippen molar-refractivity contribution in [3.8, 4) is 0 Å². The normalized spacial score (nSPS) is 10.6. The van der Waals surface area contributed by atoms with E-state index in [9.17, 15) is 4.79 Å². The summed E-state index contributed by atoms with van der Waals surface area (Å²) in [6.07, 6.45) is 3.20. The number of carbonyl (C=O) groups is 1. The zero-order valence-corrected chi connectivity index (χ0v) is 12.3. The fourth-order valence-corrected chi connectivity index (χ4v) is 2.13. The van der Waals surface area contributed by atoms with Crippen LogP contribution in [0.15, 0.2) is 59.1 Å². The van der Waals surface area contributed by atoms with Crippen molar-refractivity contribution >= 4 is 45.2 Å². The number of hydrogen-bond acceptors (Lipinski definition) is 1. The number of hydrogen-bond donors (Lipinski definition) is 1. The lowest BCUT2D eigenvalue weighted by atomic mass is 10.2. The Balaban J connectivity index is 2.01. The fraction of sp³-hybridized carbons (Fsp3) is 0. The van der Waals surface area contributed by atoms with Gasteiger partial charge in [0, 0.05) is 21.3 Å². The Morgan fingerprint density at radius 3 is 2.68 bits per heavy atom. The standard InChI is InChI=1S/C15H11BrClNO/c16-12-4-2-6-14(10-12)18-15(19)8-7-11-3-1-5-13(17)9-11/h1-10H,(H,18,19). The highest BCUT2D eigenvalue weighted by Gasteiger charge is 1.98. The summed E-state index contributed by atoms with van der Waals surface area (Å²) in [4.78, 5) is 11.7. The highest BCUT2D eigenvalue weighted by molar-refractivity contribution is 9.10. The number of carbonyl (C=O) groups excluding carboxylic acids is 1. The van der Waals surface area contributed by atoms with E-state index in [0.29, 0.717) is 5.02 Å². The molecule has 96 valence electrons. The molecule has 2 rings (SSSR count). The van der Waals surface area contributed by atoms with E-state index in [1.807, 2.05) is 36.4 Å². The molecule has 19 heavy (non-hydrogen) atoms. The van der Waals surface area contributed by atoms with Crippen LogP contribution in [-0.4, -0.2) is 5.91 Å². The van der Waals surface area contributed by atoms with Gasteiger partial charge in [0.2, 0.25) is 5.91 Å². The second kappa shape index (κ2) is 6.55. The zero-order valence-electron chi connectivity index (χ0n) is 9.94. The number of anilines is 1. The average Bonchev–Trinajstić information content (AvgIpc) is 2.36. The molecule has 0 unspecified atom stereocenters. The van der Waals surface area contributed by atoms with Gasteiger partial charge < -0.3 is 5.32 Å². The van der Waals surface area contributed by atoms with Crippen LogP contribution in [0.25, 0.3) is 6.08 Å². The highest BCUT2D eigenvalue weighted by atomic mass is 79.9. The molecule has 0 aliphatic rings. The van der Waals surface area contributed by atoms with Crippen molar-refractivity contribution in [2.24, 2.45) is 0 Å². The lowest BCUT2D eigenvalue weighted by molar-refractivity contribution is -0.111. The number of benzene rings is 2. The van der Waals surface area contributed by atoms with Gasteiger partial charge in [-0.3, -0.25) is 4.79 Å². The molecule has 0 saturated heterocycles. The molecule has 0 atom stereocenters. The Labute approximate surface area is 125 Å². The summed E-state index contributed by atoms with van der Waals surface area (Å²) in [7, 11) is 0. The number of rotatable bonds is 3. The van der Waals surface area contributed by atoms with Gasteiger partial charge in [0.05, 0.1) is 0 Å². The van der Waals surface area contributed by atoms with Crippen LogP contribution >= 0.6 is 27.5 Å². The van der Waals surface area contributed by atoms with Crippen molar-refractivity contribution in [2.75, 3.05) is 5.32 Å². The number of nitrogens with one attached hydrogen (secondary N) is 1. The second-order valence-corrected chi connectivity index (χ2v) is 5.24. The molecular formula is C15H11BrClNO. The van der Waals surface area contributed by atoms with Crippen LogP contribution in [-0.2, 0) is 4.79 Å². The van der Waals surface area contributed by atoms with Gasteiger partial charge in [-0.1, -0.05) is 45.7 Å². The molecule has 0 heterocycles. The highest BCUT2D eigenvalue weighted by Crippen LogP contribution is 2.16. The van der Waals surface area contributed by atoms with Crippen molar-refractivity contribution in [2.45, 2.75) is 0 Å². The molecule has 2 aromatic carbocycles. The first-order valence-electron chi connectivity index (χ1n) is 5.64. The third-order valence-corrected chi connectivity index (χ3v) is 3.10. The lowest BCUT2D eigenvalue weighted by Crippen LogP contribution is -2.07. The first kappa shape index (κ1) is 13.8. The van der Waals surface area contributed by atoms with Crippen molar-refractivity contribution < 1.29 is 4.79 Å². The molecule has 1 amide bonds. The van der Waals surface area contributed by atoms with Crippen LogP contribution in [0.3, 0.4) is 0 Å². The average molecular weight is 337 g/mol. The summed E-state index contributed by atoms with van der Waals surface area (Å²) < 4.78 is 0.920. The molecule has 2 nitrogen and oxygen atoms in total. The molecule has 0 radical (unpaired) electrons. The summed E-state index contributed by atoms with van der Waals surface area (Å²) in [6, 6.07) is 14.7. The molecule has 0 spiro atoms. The molecule has 0 fully saturated rings. The van der Waals surface area contributed by atoms with Gasteiger partial charge in [-0.15, -0.1) is 0 Å². The quantitative estimate of drug-likeness (QED) is 0.805.